The minimum Gasteiger partial charge on any atom is -0.493 e. The first kappa shape index (κ1) is 17.6. The van der Waals surface area contributed by atoms with Crippen molar-refractivity contribution >= 4 is 34.2 Å². The van der Waals surface area contributed by atoms with Gasteiger partial charge in [0.25, 0.3) is 0 Å². The lowest BCUT2D eigenvalue weighted by Gasteiger charge is -2.10. The van der Waals surface area contributed by atoms with Crippen molar-refractivity contribution in [3.63, 3.8) is 0 Å². The fraction of sp³-hybridized carbons (Fsp3) is 0.188. The van der Waals surface area contributed by atoms with Gasteiger partial charge in [-0.2, -0.15) is 4.68 Å². The number of aromatic nitrogens is 3. The lowest BCUT2D eigenvalue weighted by atomic mass is 10.2. The maximum Gasteiger partial charge on any atom is 0.345 e. The SMILES string of the molecule is COc1ccc(N=C(C(Cl)[N+](=O)[O-])n2nnc3ccccc32)cc1OC. The molecule has 0 aliphatic heterocycles. The average Bonchev–Trinajstić information content (AvgIpc) is 3.09. The van der Waals surface area contributed by atoms with E-state index in [9.17, 15) is 10.1 Å². The van der Waals surface area contributed by atoms with Crippen LogP contribution < -0.4 is 9.47 Å². The van der Waals surface area contributed by atoms with E-state index in [1.165, 1.54) is 18.9 Å². The zero-order valence-corrected chi connectivity index (χ0v) is 14.6. The summed E-state index contributed by atoms with van der Waals surface area (Å²) in [7, 11) is 2.99. The summed E-state index contributed by atoms with van der Waals surface area (Å²) in [6, 6.07) is 11.9. The highest BCUT2D eigenvalue weighted by Crippen LogP contribution is 2.31. The van der Waals surface area contributed by atoms with E-state index in [1.54, 1.807) is 42.5 Å². The van der Waals surface area contributed by atoms with E-state index in [-0.39, 0.29) is 5.84 Å². The molecule has 26 heavy (non-hydrogen) atoms. The fourth-order valence-corrected chi connectivity index (χ4v) is 2.50. The van der Waals surface area contributed by atoms with Crippen molar-refractivity contribution in [1.82, 2.24) is 15.0 Å². The molecule has 0 bridgehead atoms. The Bertz CT molecular complexity index is 988. The van der Waals surface area contributed by atoms with Gasteiger partial charge in [0.1, 0.15) is 5.52 Å². The Labute approximate surface area is 153 Å². The van der Waals surface area contributed by atoms with E-state index in [0.29, 0.717) is 28.2 Å². The second kappa shape index (κ2) is 7.36. The Morgan fingerprint density at radius 1 is 1.23 bits per heavy atom. The molecule has 0 saturated heterocycles. The molecule has 0 radical (unpaired) electrons. The van der Waals surface area contributed by atoms with Crippen molar-refractivity contribution in [3.8, 4) is 11.5 Å². The standard InChI is InChI=1S/C16H14ClN5O4/c1-25-13-8-7-10(9-14(13)26-2)18-16(15(17)22(23)24)21-12-6-4-3-5-11(12)19-20-21/h3-9,15H,1-2H3. The quantitative estimate of drug-likeness (QED) is 0.169. The average molecular weight is 376 g/mol. The predicted octanol–water partition coefficient (Wildman–Crippen LogP) is 2.87. The van der Waals surface area contributed by atoms with E-state index in [2.05, 4.69) is 15.3 Å². The van der Waals surface area contributed by atoms with Crippen LogP contribution in [0.15, 0.2) is 47.5 Å². The summed E-state index contributed by atoms with van der Waals surface area (Å²) in [4.78, 5) is 14.9. The molecule has 3 aromatic rings. The number of nitrogens with zero attached hydrogens (tertiary/aromatic N) is 5. The zero-order chi connectivity index (χ0) is 18.7. The molecule has 1 unspecified atom stereocenters. The van der Waals surface area contributed by atoms with Gasteiger partial charge in [-0.3, -0.25) is 10.1 Å². The lowest BCUT2D eigenvalue weighted by molar-refractivity contribution is -0.480. The summed E-state index contributed by atoms with van der Waals surface area (Å²) in [5, 5.41) is 19.2. The number of aliphatic imine (C=N–C) groups is 1. The Morgan fingerprint density at radius 2 is 1.96 bits per heavy atom. The Hall–Kier alpha value is -3.20. The number of fused-ring (bicyclic) bond motifs is 1. The van der Waals surface area contributed by atoms with Gasteiger partial charge in [0.2, 0.25) is 5.84 Å². The van der Waals surface area contributed by atoms with Gasteiger partial charge in [0, 0.05) is 11.0 Å². The Balaban J connectivity index is 2.16. The monoisotopic (exact) mass is 375 g/mol. The van der Waals surface area contributed by atoms with Gasteiger partial charge in [-0.1, -0.05) is 17.3 Å². The molecule has 1 aromatic heterocycles. The first-order valence-corrected chi connectivity index (χ1v) is 7.87. The third-order valence-electron chi connectivity index (χ3n) is 3.58. The zero-order valence-electron chi connectivity index (χ0n) is 13.9. The van der Waals surface area contributed by atoms with Crippen molar-refractivity contribution in [2.75, 3.05) is 14.2 Å². The molecule has 0 saturated carbocycles. The van der Waals surface area contributed by atoms with Crippen LogP contribution in [-0.2, 0) is 0 Å². The molecule has 0 fully saturated rings. The number of methoxy groups -OCH3 is 2. The summed E-state index contributed by atoms with van der Waals surface area (Å²) in [5.74, 6) is 0.859. The van der Waals surface area contributed by atoms with E-state index >= 15 is 0 Å². The van der Waals surface area contributed by atoms with Crippen LogP contribution in [0, 0.1) is 10.1 Å². The molecule has 3 rings (SSSR count). The topological polar surface area (TPSA) is 105 Å². The number of nitro groups is 1. The fourth-order valence-electron chi connectivity index (χ4n) is 2.36. The van der Waals surface area contributed by atoms with E-state index in [1.807, 2.05) is 0 Å². The molecular formula is C16H14ClN5O4. The van der Waals surface area contributed by atoms with Crippen molar-refractivity contribution in [1.29, 1.82) is 0 Å². The molecule has 0 N–H and O–H groups in total. The number of para-hydroxylation sites is 1. The van der Waals surface area contributed by atoms with Gasteiger partial charge in [0.05, 0.1) is 25.4 Å². The maximum absolute atomic E-state index is 11.3. The van der Waals surface area contributed by atoms with Crippen molar-refractivity contribution in [2.24, 2.45) is 4.99 Å². The van der Waals surface area contributed by atoms with Gasteiger partial charge in [-0.05, 0) is 35.9 Å². The molecule has 1 heterocycles. The number of hydrogen-bond acceptors (Lipinski definition) is 7. The molecule has 0 aliphatic rings. The van der Waals surface area contributed by atoms with Crippen molar-refractivity contribution < 1.29 is 14.4 Å². The highest BCUT2D eigenvalue weighted by Gasteiger charge is 2.28. The maximum atomic E-state index is 11.3. The van der Waals surface area contributed by atoms with E-state index in [0.717, 1.165) is 0 Å². The summed E-state index contributed by atoms with van der Waals surface area (Å²) in [6.07, 6.45) is 0. The van der Waals surface area contributed by atoms with Gasteiger partial charge in [0.15, 0.2) is 11.5 Å². The second-order valence-corrected chi connectivity index (χ2v) is 5.53. The van der Waals surface area contributed by atoms with Crippen LogP contribution in [0.25, 0.3) is 11.0 Å². The molecule has 9 nitrogen and oxygen atoms in total. The van der Waals surface area contributed by atoms with Crippen molar-refractivity contribution in [3.05, 3.63) is 52.6 Å². The minimum atomic E-state index is -1.62. The van der Waals surface area contributed by atoms with Gasteiger partial charge in [-0.25, -0.2) is 4.99 Å². The van der Waals surface area contributed by atoms with Gasteiger partial charge >= 0.3 is 5.50 Å². The highest BCUT2D eigenvalue weighted by atomic mass is 35.5. The first-order valence-electron chi connectivity index (χ1n) is 7.44. The normalized spacial score (nSPS) is 12.8. The van der Waals surface area contributed by atoms with Crippen LogP contribution in [0.3, 0.4) is 0 Å². The third kappa shape index (κ3) is 3.29. The molecule has 0 amide bonds. The summed E-state index contributed by atoms with van der Waals surface area (Å²) >= 11 is 5.98. The highest BCUT2D eigenvalue weighted by molar-refractivity contribution is 6.31. The summed E-state index contributed by atoms with van der Waals surface area (Å²) in [5.41, 5.74) is -0.100. The molecule has 1 atom stereocenters. The first-order chi connectivity index (χ1) is 12.5. The summed E-state index contributed by atoms with van der Waals surface area (Å²) in [6.45, 7) is 0. The van der Waals surface area contributed by atoms with Crippen LogP contribution in [0.1, 0.15) is 0 Å². The van der Waals surface area contributed by atoms with Crippen LogP contribution in [0.4, 0.5) is 5.69 Å². The number of hydrogen-bond donors (Lipinski definition) is 0. The molecule has 134 valence electrons. The van der Waals surface area contributed by atoms with Gasteiger partial charge < -0.3 is 9.47 Å². The van der Waals surface area contributed by atoms with E-state index in [4.69, 9.17) is 21.1 Å². The number of alkyl halides is 1. The smallest absolute Gasteiger partial charge is 0.345 e. The van der Waals surface area contributed by atoms with Crippen LogP contribution in [0.2, 0.25) is 0 Å². The third-order valence-corrected chi connectivity index (χ3v) is 3.93. The predicted molar refractivity (Wildman–Crippen MR) is 96.2 cm³/mol. The molecular weight excluding hydrogens is 362 g/mol. The minimum absolute atomic E-state index is 0.0856. The number of ether oxygens (including phenoxy) is 2. The molecule has 0 aliphatic carbocycles. The van der Waals surface area contributed by atoms with Crippen LogP contribution in [-0.4, -0.2) is 45.5 Å². The summed E-state index contributed by atoms with van der Waals surface area (Å²) < 4.78 is 11.7. The lowest BCUT2D eigenvalue weighted by Crippen LogP contribution is -2.30. The number of halogens is 1. The number of rotatable bonds is 5. The Kier molecular flexibility index (Phi) is 4.99. The molecule has 0 spiro atoms. The molecule has 2 aromatic carbocycles. The second-order valence-electron chi connectivity index (χ2n) is 5.12. The largest absolute Gasteiger partial charge is 0.493 e. The van der Waals surface area contributed by atoms with Gasteiger partial charge in [-0.15, -0.1) is 5.10 Å². The number of benzene rings is 2. The molecule has 10 heteroatoms. The van der Waals surface area contributed by atoms with Crippen molar-refractivity contribution in [2.45, 2.75) is 5.50 Å². The van der Waals surface area contributed by atoms with Crippen LogP contribution in [0.5, 0.6) is 11.5 Å². The van der Waals surface area contributed by atoms with E-state index < -0.39 is 10.4 Å². The Morgan fingerprint density at radius 3 is 2.65 bits per heavy atom. The van der Waals surface area contributed by atoms with Crippen LogP contribution >= 0.6 is 11.6 Å².